The standard InChI is InChI=1S/C46H30N3O.Pt/c50-46-21-10-8-19-39(46)43-30-36(31-12-3-1-4-13-31)29-42(48-43)35-15-11-14-34(26-35)41-28-33(24-25-47-41)32-22-23-45-40(27-32)38-18-7-9-20-44(38)49(45)37-16-5-2-6-17-37;/h1-25,27-30,50H;/q-1;. The van der Waals surface area contributed by atoms with E-state index in [9.17, 15) is 5.11 Å². The number of phenolic OH excluding ortho intramolecular Hbond substituents is 1. The summed E-state index contributed by atoms with van der Waals surface area (Å²) in [4.78, 5) is 9.80. The number of nitrogens with zero attached hydrogens (tertiary/aromatic N) is 3. The summed E-state index contributed by atoms with van der Waals surface area (Å²) in [5.41, 5.74) is 12.5. The Balaban J connectivity index is 0.00000374. The first-order valence-electron chi connectivity index (χ1n) is 16.6. The largest absolute Gasteiger partial charge is 0.507 e. The molecule has 5 heteroatoms. The zero-order valence-corrected chi connectivity index (χ0v) is 29.6. The molecule has 0 fully saturated rings. The van der Waals surface area contributed by atoms with Crippen molar-refractivity contribution < 1.29 is 26.2 Å². The van der Waals surface area contributed by atoms with Gasteiger partial charge in [-0.3, -0.25) is 9.97 Å². The van der Waals surface area contributed by atoms with E-state index in [1.54, 1.807) is 6.07 Å². The molecule has 0 aliphatic carbocycles. The third kappa shape index (κ3) is 6.05. The number of aromatic hydroxyl groups is 1. The molecule has 0 aliphatic heterocycles. The molecule has 0 unspecified atom stereocenters. The number of aromatic nitrogens is 3. The van der Waals surface area contributed by atoms with Crippen LogP contribution in [0.15, 0.2) is 176 Å². The monoisotopic (exact) mass is 835 g/mol. The summed E-state index contributed by atoms with van der Waals surface area (Å²) in [5, 5.41) is 13.1. The smallest absolute Gasteiger partial charge is 0.124 e. The van der Waals surface area contributed by atoms with Gasteiger partial charge in [0, 0.05) is 60.7 Å². The van der Waals surface area contributed by atoms with Crippen molar-refractivity contribution in [2.75, 3.05) is 0 Å². The second-order valence-corrected chi connectivity index (χ2v) is 12.3. The van der Waals surface area contributed by atoms with Gasteiger partial charge in [-0.05, 0) is 76.9 Å². The van der Waals surface area contributed by atoms with Crippen molar-refractivity contribution in [3.63, 3.8) is 0 Å². The predicted molar refractivity (Wildman–Crippen MR) is 204 cm³/mol. The van der Waals surface area contributed by atoms with Gasteiger partial charge in [0.15, 0.2) is 0 Å². The molecule has 1 N–H and O–H groups in total. The summed E-state index contributed by atoms with van der Waals surface area (Å²) in [7, 11) is 0. The zero-order valence-electron chi connectivity index (χ0n) is 27.3. The first kappa shape index (κ1) is 32.1. The maximum Gasteiger partial charge on any atom is 0.124 e. The minimum Gasteiger partial charge on any atom is -0.507 e. The summed E-state index contributed by atoms with van der Waals surface area (Å²) in [6.07, 6.45) is 1.87. The molecule has 0 aliphatic rings. The molecule has 4 nitrogen and oxygen atoms in total. The van der Waals surface area contributed by atoms with Crippen molar-refractivity contribution in [1.29, 1.82) is 0 Å². The second-order valence-electron chi connectivity index (χ2n) is 12.3. The molecule has 0 saturated carbocycles. The molecule has 0 atom stereocenters. The minimum absolute atomic E-state index is 0. The molecule has 0 radical (unpaired) electrons. The Labute approximate surface area is 310 Å². The van der Waals surface area contributed by atoms with Crippen molar-refractivity contribution in [1.82, 2.24) is 14.5 Å². The molecule has 0 spiro atoms. The van der Waals surface area contributed by atoms with Gasteiger partial charge in [-0.15, -0.1) is 24.3 Å². The molecule has 3 heterocycles. The van der Waals surface area contributed by atoms with Crippen molar-refractivity contribution in [2.24, 2.45) is 0 Å². The predicted octanol–water partition coefficient (Wildman–Crippen LogP) is 11.4. The van der Waals surface area contributed by atoms with E-state index in [2.05, 4.69) is 114 Å². The molecule has 0 amide bonds. The van der Waals surface area contributed by atoms with E-state index in [-0.39, 0.29) is 26.8 Å². The number of fused-ring (bicyclic) bond motifs is 3. The Morgan fingerprint density at radius 1 is 0.471 bits per heavy atom. The minimum atomic E-state index is 0. The first-order chi connectivity index (χ1) is 24.7. The van der Waals surface area contributed by atoms with Crippen LogP contribution in [0.3, 0.4) is 0 Å². The fourth-order valence-electron chi connectivity index (χ4n) is 6.83. The van der Waals surface area contributed by atoms with Crippen LogP contribution < -0.4 is 0 Å². The molecular weight excluding hydrogens is 806 g/mol. The first-order valence-corrected chi connectivity index (χ1v) is 16.6. The fraction of sp³-hybridized carbons (Fsp3) is 0. The summed E-state index contributed by atoms with van der Waals surface area (Å²) in [5.74, 6) is 0.192. The Kier molecular flexibility index (Phi) is 8.61. The topological polar surface area (TPSA) is 50.9 Å². The number of para-hydroxylation sites is 3. The third-order valence-corrected chi connectivity index (χ3v) is 9.24. The van der Waals surface area contributed by atoms with E-state index in [1.165, 1.54) is 21.8 Å². The fourth-order valence-corrected chi connectivity index (χ4v) is 6.83. The molecule has 9 rings (SSSR count). The number of phenols is 1. The van der Waals surface area contributed by atoms with E-state index in [0.29, 0.717) is 11.3 Å². The van der Waals surface area contributed by atoms with Crippen molar-refractivity contribution in [3.8, 4) is 67.5 Å². The van der Waals surface area contributed by atoms with Gasteiger partial charge < -0.3 is 9.67 Å². The van der Waals surface area contributed by atoms with Crippen LogP contribution in [0.4, 0.5) is 0 Å². The average molecular weight is 836 g/mol. The van der Waals surface area contributed by atoms with Gasteiger partial charge in [0.25, 0.3) is 0 Å². The van der Waals surface area contributed by atoms with Crippen molar-refractivity contribution in [2.45, 2.75) is 0 Å². The van der Waals surface area contributed by atoms with Crippen molar-refractivity contribution >= 4 is 21.8 Å². The molecule has 6 aromatic carbocycles. The number of pyridine rings is 2. The average Bonchev–Trinajstić information content (AvgIpc) is 3.52. The molecule has 0 saturated heterocycles. The number of rotatable bonds is 6. The van der Waals surface area contributed by atoms with Gasteiger partial charge in [-0.2, -0.15) is 0 Å². The van der Waals surface area contributed by atoms with Crippen LogP contribution in [-0.4, -0.2) is 19.6 Å². The normalized spacial score (nSPS) is 11.1. The second kappa shape index (κ2) is 13.7. The van der Waals surface area contributed by atoms with Crippen LogP contribution in [0.1, 0.15) is 0 Å². The van der Waals surface area contributed by atoms with E-state index >= 15 is 0 Å². The van der Waals surface area contributed by atoms with E-state index in [1.807, 2.05) is 66.9 Å². The molecule has 246 valence electrons. The number of hydrogen-bond acceptors (Lipinski definition) is 3. The van der Waals surface area contributed by atoms with Gasteiger partial charge in [-0.1, -0.05) is 108 Å². The summed E-state index contributed by atoms with van der Waals surface area (Å²) < 4.78 is 2.33. The summed E-state index contributed by atoms with van der Waals surface area (Å²) in [6.45, 7) is 0. The van der Waals surface area contributed by atoms with Gasteiger partial charge >= 0.3 is 0 Å². The maximum atomic E-state index is 10.7. The molecule has 3 aromatic heterocycles. The van der Waals surface area contributed by atoms with Crippen LogP contribution in [0, 0.1) is 6.07 Å². The summed E-state index contributed by atoms with van der Waals surface area (Å²) in [6, 6.07) is 61.4. The number of hydrogen-bond donors (Lipinski definition) is 1. The molecule has 0 bridgehead atoms. The molecular formula is C46H30N3OPt-. The van der Waals surface area contributed by atoms with Gasteiger partial charge in [-0.25, -0.2) is 0 Å². The Morgan fingerprint density at radius 2 is 1.12 bits per heavy atom. The molecule has 51 heavy (non-hydrogen) atoms. The zero-order chi connectivity index (χ0) is 33.4. The molecule has 9 aromatic rings. The van der Waals surface area contributed by atoms with E-state index in [0.717, 1.165) is 50.5 Å². The quantitative estimate of drug-likeness (QED) is 0.170. The van der Waals surface area contributed by atoms with Crippen LogP contribution in [0.2, 0.25) is 0 Å². The Bertz CT molecular complexity index is 2670. The Morgan fingerprint density at radius 3 is 1.94 bits per heavy atom. The Hall–Kier alpha value is -6.09. The van der Waals surface area contributed by atoms with Crippen molar-refractivity contribution in [3.05, 3.63) is 182 Å². The van der Waals surface area contributed by atoms with Crippen LogP contribution in [0.5, 0.6) is 5.75 Å². The SMILES string of the molecule is Oc1ccccc1-c1cc(-c2ccccc2)cc(-c2[c-]c(-c3cc(-c4ccc5c(c4)c4ccccc4n5-c4ccccc4)ccn3)ccc2)n1.[Pt]. The van der Waals surface area contributed by atoms with Crippen LogP contribution in [0.25, 0.3) is 83.5 Å². The third-order valence-electron chi connectivity index (χ3n) is 9.24. The van der Waals surface area contributed by atoms with E-state index in [4.69, 9.17) is 9.97 Å². The van der Waals surface area contributed by atoms with Crippen LogP contribution >= 0.6 is 0 Å². The summed E-state index contributed by atoms with van der Waals surface area (Å²) >= 11 is 0. The van der Waals surface area contributed by atoms with E-state index < -0.39 is 0 Å². The van der Waals surface area contributed by atoms with Gasteiger partial charge in [0.05, 0.1) is 16.7 Å². The number of benzene rings is 6. The van der Waals surface area contributed by atoms with Gasteiger partial charge in [0.2, 0.25) is 0 Å². The van der Waals surface area contributed by atoms with Crippen LogP contribution in [-0.2, 0) is 21.1 Å². The maximum absolute atomic E-state index is 10.7. The van der Waals surface area contributed by atoms with Gasteiger partial charge in [0.1, 0.15) is 5.75 Å².